The summed E-state index contributed by atoms with van der Waals surface area (Å²) in [7, 11) is 0. The first-order valence-corrected chi connectivity index (χ1v) is 8.39. The molecule has 0 saturated carbocycles. The van der Waals surface area contributed by atoms with Crippen LogP contribution in [0.2, 0.25) is 0 Å². The minimum atomic E-state index is -0.323. The molecule has 0 spiro atoms. The molecule has 2 aromatic carbocycles. The number of nitrogens with zero attached hydrogens (tertiary/aromatic N) is 1. The quantitative estimate of drug-likeness (QED) is 0.450. The summed E-state index contributed by atoms with van der Waals surface area (Å²) in [5.74, 6) is 0.304. The molecule has 24 heavy (non-hydrogen) atoms. The zero-order chi connectivity index (χ0) is 17.5. The number of amides is 1. The molecule has 5 nitrogen and oxygen atoms in total. The number of halogens is 1. The number of hydrogen-bond donors (Lipinski definition) is 2. The fraction of sp³-hybridized carbons (Fsp3) is 0.222. The van der Waals surface area contributed by atoms with Crippen LogP contribution in [0.5, 0.6) is 5.75 Å². The Morgan fingerprint density at radius 1 is 1.25 bits per heavy atom. The average molecular weight is 390 g/mol. The van der Waals surface area contributed by atoms with Crippen molar-refractivity contribution in [3.63, 3.8) is 0 Å². The molecular weight excluding hydrogens is 370 g/mol. The molecule has 0 aliphatic heterocycles. The van der Waals surface area contributed by atoms with Crippen molar-refractivity contribution in [3.8, 4) is 5.75 Å². The number of nitrogens with two attached hydrogens (primary N) is 1. The first-order chi connectivity index (χ1) is 11.5. The van der Waals surface area contributed by atoms with Crippen molar-refractivity contribution in [2.24, 2.45) is 5.10 Å². The van der Waals surface area contributed by atoms with Gasteiger partial charge in [0.15, 0.2) is 6.61 Å². The summed E-state index contributed by atoms with van der Waals surface area (Å²) in [6.07, 6.45) is 0.943. The molecule has 0 aliphatic rings. The minimum absolute atomic E-state index is 0.109. The van der Waals surface area contributed by atoms with E-state index < -0.39 is 0 Å². The zero-order valence-corrected chi connectivity index (χ0v) is 15.3. The van der Waals surface area contributed by atoms with Gasteiger partial charge in [0.25, 0.3) is 5.91 Å². The Morgan fingerprint density at radius 3 is 2.58 bits per heavy atom. The number of nitrogens with one attached hydrogen (secondary N) is 1. The molecule has 0 radical (unpaired) electrons. The van der Waals surface area contributed by atoms with Gasteiger partial charge in [0.05, 0.1) is 10.2 Å². The molecule has 0 unspecified atom stereocenters. The van der Waals surface area contributed by atoms with Crippen LogP contribution in [0.15, 0.2) is 52.0 Å². The van der Waals surface area contributed by atoms with Gasteiger partial charge in [-0.15, -0.1) is 0 Å². The van der Waals surface area contributed by atoms with Crippen molar-refractivity contribution in [2.75, 3.05) is 12.3 Å². The van der Waals surface area contributed by atoms with Crippen LogP contribution in [-0.2, 0) is 11.2 Å². The molecule has 0 aliphatic carbocycles. The van der Waals surface area contributed by atoms with Gasteiger partial charge in [-0.2, -0.15) is 5.10 Å². The Labute approximate surface area is 150 Å². The van der Waals surface area contributed by atoms with Crippen LogP contribution >= 0.6 is 15.9 Å². The number of aryl methyl sites for hydroxylation is 1. The fourth-order valence-electron chi connectivity index (χ4n) is 1.99. The van der Waals surface area contributed by atoms with Gasteiger partial charge in [0, 0.05) is 5.69 Å². The highest BCUT2D eigenvalue weighted by Crippen LogP contribution is 2.26. The summed E-state index contributed by atoms with van der Waals surface area (Å²) in [4.78, 5) is 11.9. The first-order valence-electron chi connectivity index (χ1n) is 7.60. The van der Waals surface area contributed by atoms with Crippen LogP contribution in [0.1, 0.15) is 25.0 Å². The van der Waals surface area contributed by atoms with E-state index in [1.54, 1.807) is 12.1 Å². The maximum absolute atomic E-state index is 11.9. The summed E-state index contributed by atoms with van der Waals surface area (Å²) in [6.45, 7) is 3.78. The number of ether oxygens (including phenoxy) is 1. The van der Waals surface area contributed by atoms with Crippen LogP contribution in [-0.4, -0.2) is 18.2 Å². The Morgan fingerprint density at radius 2 is 1.96 bits per heavy atom. The highest BCUT2D eigenvalue weighted by molar-refractivity contribution is 9.10. The second kappa shape index (κ2) is 8.49. The van der Waals surface area contributed by atoms with E-state index in [1.165, 1.54) is 5.56 Å². The molecule has 2 aromatic rings. The summed E-state index contributed by atoms with van der Waals surface area (Å²) in [5, 5.41) is 4.07. The van der Waals surface area contributed by atoms with Crippen molar-refractivity contribution >= 4 is 33.2 Å². The van der Waals surface area contributed by atoms with Gasteiger partial charge in [-0.3, -0.25) is 4.79 Å². The molecule has 2 rings (SSSR count). The lowest BCUT2D eigenvalue weighted by molar-refractivity contribution is -0.123. The molecule has 1 amide bonds. The number of carbonyl (C=O) groups excluding carboxylic acids is 1. The fourth-order valence-corrected chi connectivity index (χ4v) is 2.53. The summed E-state index contributed by atoms with van der Waals surface area (Å²) in [6, 6.07) is 13.1. The van der Waals surface area contributed by atoms with Crippen molar-refractivity contribution in [3.05, 3.63) is 58.1 Å². The van der Waals surface area contributed by atoms with Gasteiger partial charge in [-0.1, -0.05) is 25.1 Å². The largest absolute Gasteiger partial charge is 0.483 e. The highest BCUT2D eigenvalue weighted by Gasteiger charge is 2.06. The number of anilines is 1. The van der Waals surface area contributed by atoms with Gasteiger partial charge in [-0.25, -0.2) is 5.43 Å². The number of nitrogen functional groups attached to an aromatic ring is 1. The SMILES string of the molecule is CCc1ccc(OCC(=O)NN=C(C)c2ccc(N)cc2)c(Br)c1. The predicted molar refractivity (Wildman–Crippen MR) is 100 cm³/mol. The number of carbonyl (C=O) groups is 1. The van der Waals surface area contributed by atoms with E-state index in [-0.39, 0.29) is 12.5 Å². The predicted octanol–water partition coefficient (Wildman–Crippen LogP) is 3.51. The first kappa shape index (κ1) is 18.0. The van der Waals surface area contributed by atoms with Crippen LogP contribution < -0.4 is 15.9 Å². The average Bonchev–Trinajstić information content (AvgIpc) is 2.59. The Hall–Kier alpha value is -2.34. The van der Waals surface area contributed by atoms with Crippen LogP contribution in [0.25, 0.3) is 0 Å². The summed E-state index contributed by atoms with van der Waals surface area (Å²) >= 11 is 3.44. The normalized spacial score (nSPS) is 11.2. The minimum Gasteiger partial charge on any atom is -0.483 e. The van der Waals surface area contributed by atoms with Gasteiger partial charge >= 0.3 is 0 Å². The Kier molecular flexibility index (Phi) is 6.37. The standard InChI is InChI=1S/C18H20BrN3O2/c1-3-13-4-9-17(16(19)10-13)24-11-18(23)22-21-12(2)14-5-7-15(20)8-6-14/h4-10H,3,11,20H2,1-2H3,(H,22,23). The molecule has 0 bridgehead atoms. The van der Waals surface area contributed by atoms with Crippen LogP contribution in [0, 0.1) is 0 Å². The van der Waals surface area contributed by atoms with E-state index in [0.29, 0.717) is 17.1 Å². The third kappa shape index (κ3) is 5.09. The van der Waals surface area contributed by atoms with Crippen LogP contribution in [0.3, 0.4) is 0 Å². The van der Waals surface area contributed by atoms with Crippen molar-refractivity contribution in [1.29, 1.82) is 0 Å². The molecule has 0 atom stereocenters. The molecule has 0 saturated heterocycles. The lowest BCUT2D eigenvalue weighted by Gasteiger charge is -2.09. The third-order valence-corrected chi connectivity index (χ3v) is 4.06. The maximum atomic E-state index is 11.9. The smallest absolute Gasteiger partial charge is 0.277 e. The second-order valence-corrected chi connectivity index (χ2v) is 6.12. The number of hydrazone groups is 1. The van der Waals surface area contributed by atoms with E-state index >= 15 is 0 Å². The van der Waals surface area contributed by atoms with Crippen LogP contribution in [0.4, 0.5) is 5.69 Å². The zero-order valence-electron chi connectivity index (χ0n) is 13.7. The van der Waals surface area contributed by atoms with Gasteiger partial charge < -0.3 is 10.5 Å². The number of benzene rings is 2. The third-order valence-electron chi connectivity index (χ3n) is 3.44. The molecule has 0 heterocycles. The molecule has 126 valence electrons. The molecular formula is C18H20BrN3O2. The van der Waals surface area contributed by atoms with E-state index in [9.17, 15) is 4.79 Å². The monoisotopic (exact) mass is 389 g/mol. The number of rotatable bonds is 6. The Balaban J connectivity index is 1.89. The van der Waals surface area contributed by atoms with Crippen molar-refractivity contribution in [2.45, 2.75) is 20.3 Å². The second-order valence-electron chi connectivity index (χ2n) is 5.26. The van der Waals surface area contributed by atoms with Gasteiger partial charge in [0.1, 0.15) is 5.75 Å². The molecule has 0 aromatic heterocycles. The van der Waals surface area contributed by atoms with E-state index in [1.807, 2.05) is 37.3 Å². The van der Waals surface area contributed by atoms with Gasteiger partial charge in [-0.05, 0) is 64.7 Å². The summed E-state index contributed by atoms with van der Waals surface area (Å²) < 4.78 is 6.34. The molecule has 3 N–H and O–H groups in total. The van der Waals surface area contributed by atoms with Crippen molar-refractivity contribution in [1.82, 2.24) is 5.43 Å². The summed E-state index contributed by atoms with van der Waals surface area (Å²) in [5.41, 5.74) is 11.6. The lowest BCUT2D eigenvalue weighted by atomic mass is 10.1. The lowest BCUT2D eigenvalue weighted by Crippen LogP contribution is -2.25. The maximum Gasteiger partial charge on any atom is 0.277 e. The topological polar surface area (TPSA) is 76.7 Å². The number of hydrogen-bond acceptors (Lipinski definition) is 4. The Bertz CT molecular complexity index is 742. The molecule has 6 heteroatoms. The van der Waals surface area contributed by atoms with E-state index in [0.717, 1.165) is 16.5 Å². The van der Waals surface area contributed by atoms with Crippen molar-refractivity contribution < 1.29 is 9.53 Å². The molecule has 0 fully saturated rings. The van der Waals surface area contributed by atoms with E-state index in [4.69, 9.17) is 10.5 Å². The van der Waals surface area contributed by atoms with Gasteiger partial charge in [0.2, 0.25) is 0 Å². The van der Waals surface area contributed by atoms with E-state index in [2.05, 4.69) is 33.4 Å². The highest BCUT2D eigenvalue weighted by atomic mass is 79.9.